The van der Waals surface area contributed by atoms with Gasteiger partial charge in [-0.1, -0.05) is 175 Å². The summed E-state index contributed by atoms with van der Waals surface area (Å²) in [6.07, 6.45) is 1.88. The molecule has 0 N–H and O–H groups in total. The number of rotatable bonds is 5. The first-order valence-corrected chi connectivity index (χ1v) is 25.3. The third kappa shape index (κ3) is 5.97. The summed E-state index contributed by atoms with van der Waals surface area (Å²) in [6, 6.07) is 77.6. The Hall–Kier alpha value is -8.63. The van der Waals surface area contributed by atoms with Crippen molar-refractivity contribution in [3.63, 3.8) is 0 Å². The standard InChI is InChI=1S/C62H37N7S2/c1-3-17-38(18-4-1)59-65-60(39-19-5-2-6-20-39)67-61(66-59)48-34-32-46-56(64-48)55-45(26-16-36-63-55)62(46)44-25-9-13-30-53(44)70-57-47(62)33-35-52-58(57)71-54-31-14-12-29-51(54)69(52)41-22-15-21-40(37-41)68-49-27-10-7-23-42(49)43-24-8-11-28-50(43)68/h1-37H. The molecule has 0 fully saturated rings. The van der Waals surface area contributed by atoms with Crippen molar-refractivity contribution in [3.05, 3.63) is 247 Å². The first-order chi connectivity index (χ1) is 35.2. The number of anilines is 3. The number of hydrogen-bond acceptors (Lipinski definition) is 8. The fourth-order valence-electron chi connectivity index (χ4n) is 11.2. The molecule has 332 valence electrons. The van der Waals surface area contributed by atoms with Crippen LogP contribution in [0, 0.1) is 0 Å². The van der Waals surface area contributed by atoms with Gasteiger partial charge in [-0.25, -0.2) is 19.9 Å². The lowest BCUT2D eigenvalue weighted by Crippen LogP contribution is -2.32. The Balaban J connectivity index is 0.927. The lowest BCUT2D eigenvalue weighted by Gasteiger charge is -2.42. The van der Waals surface area contributed by atoms with Crippen LogP contribution in [0.4, 0.5) is 17.1 Å². The van der Waals surface area contributed by atoms with Crippen LogP contribution in [-0.2, 0) is 5.41 Å². The Kier molecular flexibility index (Phi) is 8.90. The molecule has 0 radical (unpaired) electrons. The molecular weight excluding hydrogens is 907 g/mol. The lowest BCUT2D eigenvalue weighted by molar-refractivity contribution is 0.711. The number of fused-ring (bicyclic) bond motifs is 15. The Morgan fingerprint density at radius 2 is 0.972 bits per heavy atom. The van der Waals surface area contributed by atoms with Crippen LogP contribution in [0.2, 0.25) is 0 Å². The van der Waals surface area contributed by atoms with Crippen LogP contribution in [0.3, 0.4) is 0 Å². The highest BCUT2D eigenvalue weighted by molar-refractivity contribution is 8.02. The second-order valence-electron chi connectivity index (χ2n) is 18.0. The molecule has 15 rings (SSSR count). The molecule has 1 spiro atoms. The fourth-order valence-corrected chi connectivity index (χ4v) is 13.7. The second-order valence-corrected chi connectivity index (χ2v) is 20.1. The van der Waals surface area contributed by atoms with Gasteiger partial charge in [0, 0.05) is 54.2 Å². The number of benzene rings is 8. The lowest BCUT2D eigenvalue weighted by atomic mass is 9.67. The molecule has 8 aromatic carbocycles. The first-order valence-electron chi connectivity index (χ1n) is 23.7. The van der Waals surface area contributed by atoms with E-state index in [2.05, 4.69) is 167 Å². The van der Waals surface area contributed by atoms with Crippen molar-refractivity contribution in [1.29, 1.82) is 0 Å². The van der Waals surface area contributed by atoms with Gasteiger partial charge in [0.15, 0.2) is 17.5 Å². The second kappa shape index (κ2) is 15.7. The van der Waals surface area contributed by atoms with Gasteiger partial charge in [-0.3, -0.25) is 4.98 Å². The van der Waals surface area contributed by atoms with Crippen molar-refractivity contribution in [2.24, 2.45) is 0 Å². The largest absolute Gasteiger partial charge is 0.309 e. The Labute approximate surface area is 417 Å². The van der Waals surface area contributed by atoms with Gasteiger partial charge < -0.3 is 9.47 Å². The molecule has 7 nitrogen and oxygen atoms in total. The summed E-state index contributed by atoms with van der Waals surface area (Å²) in [6.45, 7) is 0. The predicted molar refractivity (Wildman–Crippen MR) is 286 cm³/mol. The minimum atomic E-state index is -0.709. The highest BCUT2D eigenvalue weighted by atomic mass is 32.2. The average Bonchev–Trinajstić information content (AvgIpc) is 3.93. The third-order valence-electron chi connectivity index (χ3n) is 14.1. The average molecular weight is 944 g/mol. The van der Waals surface area contributed by atoms with Gasteiger partial charge in [-0.05, 0) is 89.0 Å². The maximum atomic E-state index is 5.53. The van der Waals surface area contributed by atoms with Crippen molar-refractivity contribution < 1.29 is 0 Å². The zero-order valence-corrected chi connectivity index (χ0v) is 39.4. The predicted octanol–water partition coefficient (Wildman–Crippen LogP) is 15.5. The molecule has 71 heavy (non-hydrogen) atoms. The maximum absolute atomic E-state index is 5.53. The van der Waals surface area contributed by atoms with E-state index in [9.17, 15) is 0 Å². The van der Waals surface area contributed by atoms with E-state index >= 15 is 0 Å². The van der Waals surface area contributed by atoms with Gasteiger partial charge >= 0.3 is 0 Å². The molecule has 0 bridgehead atoms. The minimum absolute atomic E-state index is 0.505. The number of nitrogens with zero attached hydrogens (tertiary/aromatic N) is 7. The smallest absolute Gasteiger partial charge is 0.182 e. The highest BCUT2D eigenvalue weighted by Crippen LogP contribution is 2.65. The molecule has 3 aliphatic rings. The maximum Gasteiger partial charge on any atom is 0.182 e. The summed E-state index contributed by atoms with van der Waals surface area (Å²) >= 11 is 3.72. The number of aromatic nitrogens is 6. The Morgan fingerprint density at radius 1 is 0.380 bits per heavy atom. The van der Waals surface area contributed by atoms with Gasteiger partial charge in [-0.2, -0.15) is 0 Å². The van der Waals surface area contributed by atoms with Crippen LogP contribution in [0.15, 0.2) is 244 Å². The van der Waals surface area contributed by atoms with Crippen LogP contribution in [0.1, 0.15) is 22.3 Å². The summed E-state index contributed by atoms with van der Waals surface area (Å²) in [5.41, 5.74) is 14.9. The summed E-state index contributed by atoms with van der Waals surface area (Å²) < 4.78 is 2.40. The van der Waals surface area contributed by atoms with Gasteiger partial charge in [0.05, 0.1) is 44.1 Å². The van der Waals surface area contributed by atoms with E-state index in [1.54, 1.807) is 0 Å². The number of hydrogen-bond donors (Lipinski definition) is 0. The van der Waals surface area contributed by atoms with Gasteiger partial charge in [-0.15, -0.1) is 0 Å². The molecule has 12 aromatic rings. The monoisotopic (exact) mass is 943 g/mol. The molecule has 1 unspecified atom stereocenters. The quantitative estimate of drug-likeness (QED) is 0.169. The summed E-state index contributed by atoms with van der Waals surface area (Å²) in [5, 5.41) is 2.49. The molecular formula is C62H37N7S2. The number of para-hydroxylation sites is 3. The SMILES string of the molecule is c1ccc(-c2nc(-c3ccccc3)nc(-c3ccc4c(n3)-c3ncccc3C43c4ccccc4Sc4c3ccc3c4Sc4ccccc4N3c3cccc(-n4c5ccccc5c5ccccc54)c3)n2)cc1. The summed E-state index contributed by atoms with van der Waals surface area (Å²) in [5.74, 6) is 1.69. The van der Waals surface area contributed by atoms with Crippen molar-refractivity contribution >= 4 is 62.4 Å². The van der Waals surface area contributed by atoms with Crippen molar-refractivity contribution in [2.45, 2.75) is 25.0 Å². The van der Waals surface area contributed by atoms with E-state index in [-0.39, 0.29) is 0 Å². The zero-order valence-electron chi connectivity index (χ0n) is 37.8. The third-order valence-corrected chi connectivity index (χ3v) is 16.7. The normalized spacial score (nSPS) is 15.0. The summed E-state index contributed by atoms with van der Waals surface area (Å²) in [7, 11) is 0. The molecule has 4 aromatic heterocycles. The molecule has 6 heterocycles. The van der Waals surface area contributed by atoms with Crippen LogP contribution >= 0.6 is 23.5 Å². The van der Waals surface area contributed by atoms with E-state index in [1.807, 2.05) is 90.4 Å². The van der Waals surface area contributed by atoms with Crippen LogP contribution in [0.25, 0.3) is 73.2 Å². The molecule has 0 amide bonds. The Morgan fingerprint density at radius 3 is 1.73 bits per heavy atom. The van der Waals surface area contributed by atoms with Gasteiger partial charge in [0.1, 0.15) is 5.69 Å². The summed E-state index contributed by atoms with van der Waals surface area (Å²) in [4.78, 5) is 33.1. The van der Waals surface area contributed by atoms with Gasteiger partial charge in [0.25, 0.3) is 0 Å². The van der Waals surface area contributed by atoms with E-state index < -0.39 is 5.41 Å². The molecule has 2 aliphatic heterocycles. The van der Waals surface area contributed by atoms with Crippen LogP contribution in [0.5, 0.6) is 0 Å². The van der Waals surface area contributed by atoms with Gasteiger partial charge in [0.2, 0.25) is 0 Å². The zero-order chi connectivity index (χ0) is 46.6. The minimum Gasteiger partial charge on any atom is -0.309 e. The molecule has 0 saturated carbocycles. The topological polar surface area (TPSA) is 72.6 Å². The van der Waals surface area contributed by atoms with Crippen molar-refractivity contribution in [3.8, 4) is 51.4 Å². The van der Waals surface area contributed by atoms with Crippen LogP contribution < -0.4 is 4.90 Å². The molecule has 9 heteroatoms. The Bertz CT molecular complexity index is 4040. The van der Waals surface area contributed by atoms with E-state index in [1.165, 1.54) is 52.5 Å². The molecule has 1 aliphatic carbocycles. The van der Waals surface area contributed by atoms with Crippen molar-refractivity contribution in [2.75, 3.05) is 4.90 Å². The van der Waals surface area contributed by atoms with E-state index in [0.717, 1.165) is 56.4 Å². The number of pyridine rings is 2. The highest BCUT2D eigenvalue weighted by Gasteiger charge is 2.52. The van der Waals surface area contributed by atoms with E-state index in [0.29, 0.717) is 23.2 Å². The first kappa shape index (κ1) is 40.3. The van der Waals surface area contributed by atoms with Crippen molar-refractivity contribution in [1.82, 2.24) is 29.5 Å². The van der Waals surface area contributed by atoms with Crippen LogP contribution in [-0.4, -0.2) is 29.5 Å². The fraction of sp³-hybridized carbons (Fsp3) is 0.0161. The van der Waals surface area contributed by atoms with E-state index in [4.69, 9.17) is 24.9 Å². The molecule has 0 saturated heterocycles. The molecule has 1 atom stereocenters.